The Hall–Kier alpha value is -3.48. The molecule has 1 fully saturated rings. The third-order valence-corrected chi connectivity index (χ3v) is 5.35. The summed E-state index contributed by atoms with van der Waals surface area (Å²) in [6.45, 7) is 3.72. The van der Waals surface area contributed by atoms with Gasteiger partial charge in [0.25, 0.3) is 5.88 Å². The molecule has 0 unspecified atom stereocenters. The van der Waals surface area contributed by atoms with Gasteiger partial charge in [-0.1, -0.05) is 29.8 Å². The summed E-state index contributed by atoms with van der Waals surface area (Å²) in [5, 5.41) is 2.96. The molecule has 160 valence electrons. The van der Waals surface area contributed by atoms with E-state index in [4.69, 9.17) is 4.74 Å². The number of aryl methyl sites for hydroxylation is 1. The zero-order valence-corrected chi connectivity index (χ0v) is 17.4. The lowest BCUT2D eigenvalue weighted by molar-refractivity contribution is -0.125. The number of carbonyl (C=O) groups excluding carboxylic acids is 1. The van der Waals surface area contributed by atoms with E-state index < -0.39 is 0 Å². The summed E-state index contributed by atoms with van der Waals surface area (Å²) >= 11 is 0. The highest BCUT2D eigenvalue weighted by molar-refractivity contribution is 5.79. The first-order valence-corrected chi connectivity index (χ1v) is 10.4. The predicted molar refractivity (Wildman–Crippen MR) is 116 cm³/mol. The van der Waals surface area contributed by atoms with E-state index in [0.29, 0.717) is 30.5 Å². The monoisotopic (exact) mass is 420 g/mol. The summed E-state index contributed by atoms with van der Waals surface area (Å²) in [7, 11) is 0. The molecule has 1 atom stereocenters. The molecule has 1 aliphatic heterocycles. The molecule has 31 heavy (non-hydrogen) atoms. The molecule has 2 aromatic carbocycles. The van der Waals surface area contributed by atoms with Crippen molar-refractivity contribution in [1.29, 1.82) is 0 Å². The van der Waals surface area contributed by atoms with Crippen LogP contribution in [-0.4, -0.2) is 29.0 Å². The van der Waals surface area contributed by atoms with Gasteiger partial charge >= 0.3 is 0 Å². The maximum Gasteiger partial charge on any atom is 0.263 e. The maximum atomic E-state index is 13.1. The van der Waals surface area contributed by atoms with Crippen LogP contribution in [0.5, 0.6) is 11.6 Å². The highest BCUT2D eigenvalue weighted by Gasteiger charge is 2.28. The Kier molecular flexibility index (Phi) is 6.40. The number of nitrogens with one attached hydrogen (secondary N) is 1. The van der Waals surface area contributed by atoms with Gasteiger partial charge in [0.1, 0.15) is 11.6 Å². The van der Waals surface area contributed by atoms with Crippen LogP contribution in [-0.2, 0) is 11.3 Å². The van der Waals surface area contributed by atoms with Crippen molar-refractivity contribution in [2.75, 3.05) is 18.0 Å². The molecule has 4 rings (SSSR count). The smallest absolute Gasteiger partial charge is 0.263 e. The Morgan fingerprint density at radius 3 is 2.65 bits per heavy atom. The number of hydrogen-bond donors (Lipinski definition) is 1. The molecule has 0 bridgehead atoms. The van der Waals surface area contributed by atoms with Crippen molar-refractivity contribution in [1.82, 2.24) is 15.3 Å². The van der Waals surface area contributed by atoms with Crippen LogP contribution in [0.15, 0.2) is 60.9 Å². The predicted octanol–water partition coefficient (Wildman–Crippen LogP) is 4.25. The van der Waals surface area contributed by atoms with Gasteiger partial charge in [0.2, 0.25) is 5.91 Å². The molecule has 0 saturated carbocycles. The number of ether oxygens (including phenoxy) is 1. The minimum Gasteiger partial charge on any atom is -0.436 e. The summed E-state index contributed by atoms with van der Waals surface area (Å²) in [4.78, 5) is 23.7. The third-order valence-electron chi connectivity index (χ3n) is 5.35. The number of anilines is 1. The Labute approximate surface area is 181 Å². The Bertz CT molecular complexity index is 1020. The van der Waals surface area contributed by atoms with Crippen LogP contribution in [0.2, 0.25) is 0 Å². The zero-order chi connectivity index (χ0) is 21.6. The minimum absolute atomic E-state index is 0.0149. The zero-order valence-electron chi connectivity index (χ0n) is 17.4. The van der Waals surface area contributed by atoms with Crippen LogP contribution in [0, 0.1) is 18.7 Å². The van der Waals surface area contributed by atoms with Gasteiger partial charge in [-0.25, -0.2) is 14.4 Å². The first-order valence-electron chi connectivity index (χ1n) is 10.4. The standard InChI is InChI=1S/C24H25FN4O2/c1-17-4-10-21(11-5-17)31-24-22(26-12-13-27-24)29-14-2-3-19(16-29)23(30)28-15-18-6-8-20(25)9-7-18/h4-13,19H,2-3,14-16H2,1H3,(H,28,30)/t19-/m0/s1. The van der Waals surface area contributed by atoms with E-state index in [1.807, 2.05) is 31.2 Å². The number of carbonyl (C=O) groups is 1. The normalized spacial score (nSPS) is 16.1. The van der Waals surface area contributed by atoms with Gasteiger partial charge in [-0.05, 0) is 49.6 Å². The molecule has 1 aliphatic rings. The second-order valence-electron chi connectivity index (χ2n) is 7.73. The van der Waals surface area contributed by atoms with Crippen LogP contribution in [0.3, 0.4) is 0 Å². The highest BCUT2D eigenvalue weighted by atomic mass is 19.1. The number of nitrogens with zero attached hydrogens (tertiary/aromatic N) is 3. The van der Waals surface area contributed by atoms with Crippen molar-refractivity contribution >= 4 is 11.7 Å². The summed E-state index contributed by atoms with van der Waals surface area (Å²) in [6, 6.07) is 13.9. The first kappa shape index (κ1) is 20.8. The van der Waals surface area contributed by atoms with Crippen molar-refractivity contribution in [3.63, 3.8) is 0 Å². The lowest BCUT2D eigenvalue weighted by Gasteiger charge is -2.33. The number of benzene rings is 2. The molecule has 2 heterocycles. The molecule has 1 aromatic heterocycles. The number of piperidine rings is 1. The number of hydrogen-bond acceptors (Lipinski definition) is 5. The van der Waals surface area contributed by atoms with Gasteiger partial charge in [-0.3, -0.25) is 4.79 Å². The third kappa shape index (κ3) is 5.36. The largest absolute Gasteiger partial charge is 0.436 e. The van der Waals surface area contributed by atoms with Gasteiger partial charge < -0.3 is 15.0 Å². The summed E-state index contributed by atoms with van der Waals surface area (Å²) < 4.78 is 19.0. The quantitative estimate of drug-likeness (QED) is 0.646. The van der Waals surface area contributed by atoms with Gasteiger partial charge in [0, 0.05) is 32.0 Å². The molecule has 1 N–H and O–H groups in total. The Morgan fingerprint density at radius 1 is 1.13 bits per heavy atom. The molecule has 7 heteroatoms. The van der Waals surface area contributed by atoms with Crippen molar-refractivity contribution in [3.8, 4) is 11.6 Å². The minimum atomic E-state index is -0.286. The Morgan fingerprint density at radius 2 is 1.87 bits per heavy atom. The number of aromatic nitrogens is 2. The van der Waals surface area contributed by atoms with E-state index in [-0.39, 0.29) is 17.6 Å². The average Bonchev–Trinajstić information content (AvgIpc) is 2.80. The molecular formula is C24H25FN4O2. The number of amides is 1. The highest BCUT2D eigenvalue weighted by Crippen LogP contribution is 2.31. The summed E-state index contributed by atoms with van der Waals surface area (Å²) in [5.41, 5.74) is 2.02. The van der Waals surface area contributed by atoms with E-state index >= 15 is 0 Å². The molecule has 0 aliphatic carbocycles. The average molecular weight is 420 g/mol. The van der Waals surface area contributed by atoms with Gasteiger partial charge in [0.05, 0.1) is 5.92 Å². The molecule has 0 spiro atoms. The lowest BCUT2D eigenvalue weighted by atomic mass is 9.97. The molecular weight excluding hydrogens is 395 g/mol. The molecule has 1 amide bonds. The maximum absolute atomic E-state index is 13.1. The van der Waals surface area contributed by atoms with Gasteiger partial charge in [0.15, 0.2) is 5.82 Å². The molecule has 0 radical (unpaired) electrons. The second-order valence-corrected chi connectivity index (χ2v) is 7.73. The fourth-order valence-corrected chi connectivity index (χ4v) is 3.64. The van der Waals surface area contributed by atoms with E-state index in [1.165, 1.54) is 12.1 Å². The van der Waals surface area contributed by atoms with Crippen molar-refractivity contribution in [2.45, 2.75) is 26.3 Å². The topological polar surface area (TPSA) is 67.4 Å². The van der Waals surface area contributed by atoms with Crippen LogP contribution < -0.4 is 15.0 Å². The Balaban J connectivity index is 1.41. The molecule has 1 saturated heterocycles. The van der Waals surface area contributed by atoms with E-state index in [2.05, 4.69) is 20.2 Å². The van der Waals surface area contributed by atoms with Crippen LogP contribution >= 0.6 is 0 Å². The van der Waals surface area contributed by atoms with E-state index in [0.717, 1.165) is 30.5 Å². The van der Waals surface area contributed by atoms with Crippen LogP contribution in [0.1, 0.15) is 24.0 Å². The van der Waals surface area contributed by atoms with Crippen molar-refractivity contribution in [3.05, 3.63) is 77.9 Å². The lowest BCUT2D eigenvalue weighted by Crippen LogP contribution is -2.43. The molecule has 3 aromatic rings. The summed E-state index contributed by atoms with van der Waals surface area (Å²) in [6.07, 6.45) is 4.91. The van der Waals surface area contributed by atoms with Gasteiger partial charge in [-0.15, -0.1) is 0 Å². The summed E-state index contributed by atoms with van der Waals surface area (Å²) in [5.74, 6) is 1.30. The van der Waals surface area contributed by atoms with Crippen LogP contribution in [0.25, 0.3) is 0 Å². The van der Waals surface area contributed by atoms with Gasteiger partial charge in [-0.2, -0.15) is 0 Å². The number of rotatable bonds is 6. The van der Waals surface area contributed by atoms with Crippen molar-refractivity contribution in [2.24, 2.45) is 5.92 Å². The molecule has 6 nitrogen and oxygen atoms in total. The number of halogens is 1. The second kappa shape index (κ2) is 9.55. The first-order chi connectivity index (χ1) is 15.1. The van der Waals surface area contributed by atoms with E-state index in [1.54, 1.807) is 24.5 Å². The SMILES string of the molecule is Cc1ccc(Oc2nccnc2N2CCC[C@H](C(=O)NCc3ccc(F)cc3)C2)cc1. The fourth-order valence-electron chi connectivity index (χ4n) is 3.64. The van der Waals surface area contributed by atoms with Crippen molar-refractivity contribution < 1.29 is 13.9 Å². The van der Waals surface area contributed by atoms with E-state index in [9.17, 15) is 9.18 Å². The fraction of sp³-hybridized carbons (Fsp3) is 0.292. The van der Waals surface area contributed by atoms with Crippen LogP contribution in [0.4, 0.5) is 10.2 Å².